The van der Waals surface area contributed by atoms with Crippen molar-refractivity contribution in [2.75, 3.05) is 38.3 Å². The van der Waals surface area contributed by atoms with Gasteiger partial charge in [0.15, 0.2) is 0 Å². The van der Waals surface area contributed by atoms with Gasteiger partial charge in [0.25, 0.3) is 5.69 Å². The number of nitrogens with one attached hydrogen (secondary N) is 1. The molecule has 1 saturated heterocycles. The van der Waals surface area contributed by atoms with E-state index in [1.807, 2.05) is 35.8 Å². The van der Waals surface area contributed by atoms with Gasteiger partial charge in [0.1, 0.15) is 0 Å². The Bertz CT molecular complexity index is 1270. The van der Waals surface area contributed by atoms with Gasteiger partial charge in [-0.2, -0.15) is 0 Å². The summed E-state index contributed by atoms with van der Waals surface area (Å²) in [5.74, 6) is 0.613. The fourth-order valence-electron chi connectivity index (χ4n) is 3.33. The van der Waals surface area contributed by atoms with E-state index in [9.17, 15) is 18.5 Å². The molecule has 0 amide bonds. The van der Waals surface area contributed by atoms with Crippen LogP contribution in [0.2, 0.25) is 0 Å². The number of hydrogen-bond acceptors (Lipinski definition) is 9. The zero-order valence-electron chi connectivity index (χ0n) is 18.0. The Kier molecular flexibility index (Phi) is 6.65. The van der Waals surface area contributed by atoms with E-state index in [4.69, 9.17) is 4.74 Å². The van der Waals surface area contributed by atoms with Gasteiger partial charge in [0.05, 0.1) is 33.6 Å². The largest absolute Gasteiger partial charge is 0.378 e. The van der Waals surface area contributed by atoms with Crippen LogP contribution in [-0.2, 0) is 14.8 Å². The van der Waals surface area contributed by atoms with Crippen LogP contribution in [0.1, 0.15) is 5.56 Å². The average Bonchev–Trinajstić information content (AvgIpc) is 3.23. The molecule has 2 aromatic carbocycles. The molecular formula is C20H22N6O5S2. The monoisotopic (exact) mass is 490 g/mol. The maximum Gasteiger partial charge on any atom is 0.284 e. The van der Waals surface area contributed by atoms with Crippen molar-refractivity contribution >= 4 is 33.4 Å². The van der Waals surface area contributed by atoms with Crippen LogP contribution in [0, 0.1) is 17.0 Å². The minimum Gasteiger partial charge on any atom is -0.378 e. The number of morpholine rings is 1. The van der Waals surface area contributed by atoms with E-state index in [0.29, 0.717) is 37.4 Å². The summed E-state index contributed by atoms with van der Waals surface area (Å²) in [5.41, 5.74) is 1.57. The quantitative estimate of drug-likeness (QED) is 0.391. The van der Waals surface area contributed by atoms with Crippen molar-refractivity contribution in [1.82, 2.24) is 19.5 Å². The Morgan fingerprint density at radius 3 is 2.45 bits per heavy atom. The normalized spacial score (nSPS) is 14.4. The molecule has 0 unspecified atom stereocenters. The van der Waals surface area contributed by atoms with Gasteiger partial charge in [0.2, 0.25) is 21.1 Å². The third-order valence-electron chi connectivity index (χ3n) is 5.11. The van der Waals surface area contributed by atoms with Gasteiger partial charge in [-0.25, -0.2) is 13.1 Å². The van der Waals surface area contributed by atoms with Crippen LogP contribution < -0.4 is 9.62 Å². The highest BCUT2D eigenvalue weighted by molar-refractivity contribution is 7.99. The molecule has 0 spiro atoms. The fraction of sp³-hybridized carbons (Fsp3) is 0.300. The van der Waals surface area contributed by atoms with E-state index in [2.05, 4.69) is 19.8 Å². The third kappa shape index (κ3) is 4.85. The van der Waals surface area contributed by atoms with Crippen LogP contribution in [0.5, 0.6) is 0 Å². The number of sulfonamides is 1. The number of aromatic nitrogens is 3. The Morgan fingerprint density at radius 2 is 1.82 bits per heavy atom. The van der Waals surface area contributed by atoms with Crippen molar-refractivity contribution in [1.29, 1.82) is 0 Å². The summed E-state index contributed by atoms with van der Waals surface area (Å²) in [6.45, 7) is 4.40. The van der Waals surface area contributed by atoms with E-state index in [-0.39, 0.29) is 15.5 Å². The number of benzene rings is 2. The van der Waals surface area contributed by atoms with E-state index in [1.165, 1.54) is 19.2 Å². The van der Waals surface area contributed by atoms with Gasteiger partial charge in [-0.1, -0.05) is 17.7 Å². The van der Waals surface area contributed by atoms with E-state index < -0.39 is 14.9 Å². The predicted octanol–water partition coefficient (Wildman–Crippen LogP) is 2.38. The molecular weight excluding hydrogens is 468 g/mol. The van der Waals surface area contributed by atoms with Gasteiger partial charge in [-0.05, 0) is 50.0 Å². The summed E-state index contributed by atoms with van der Waals surface area (Å²) < 4.78 is 33.7. The molecule has 0 bridgehead atoms. The maximum absolute atomic E-state index is 12.1. The molecule has 1 fully saturated rings. The first kappa shape index (κ1) is 23.2. The first-order chi connectivity index (χ1) is 15.8. The van der Waals surface area contributed by atoms with Crippen LogP contribution in [0.25, 0.3) is 5.69 Å². The van der Waals surface area contributed by atoms with Crippen molar-refractivity contribution in [2.24, 2.45) is 0 Å². The topological polar surface area (TPSA) is 132 Å². The molecule has 11 nitrogen and oxygen atoms in total. The SMILES string of the molecule is CNS(=O)(=O)c1ccc(Sc2nnc(N3CCOCC3)n2-c2ccc(C)cc2)c([N+](=O)[O-])c1. The molecule has 0 atom stereocenters. The van der Waals surface area contributed by atoms with Gasteiger partial charge in [-0.3, -0.25) is 14.7 Å². The molecule has 1 aliphatic heterocycles. The summed E-state index contributed by atoms with van der Waals surface area (Å²) in [6, 6.07) is 11.6. The van der Waals surface area contributed by atoms with Crippen molar-refractivity contribution < 1.29 is 18.1 Å². The first-order valence-electron chi connectivity index (χ1n) is 10.0. The molecule has 4 rings (SSSR count). The third-order valence-corrected chi connectivity index (χ3v) is 7.53. The van der Waals surface area contributed by atoms with Crippen LogP contribution >= 0.6 is 11.8 Å². The standard InChI is InChI=1S/C20H22N6O5S2/c1-14-3-5-15(6-4-14)25-19(24-9-11-31-12-10-24)22-23-20(25)32-18-8-7-16(33(29,30)21-2)13-17(18)26(27)28/h3-8,13,21H,9-12H2,1-2H3. The Balaban J connectivity index is 1.79. The van der Waals surface area contributed by atoms with Crippen molar-refractivity contribution in [3.63, 3.8) is 0 Å². The van der Waals surface area contributed by atoms with E-state index in [1.54, 1.807) is 0 Å². The number of hydrogen-bond donors (Lipinski definition) is 1. The molecule has 1 aliphatic rings. The number of nitro groups is 1. The zero-order chi connectivity index (χ0) is 23.6. The second-order valence-corrected chi connectivity index (χ2v) is 10.1. The molecule has 2 heterocycles. The predicted molar refractivity (Wildman–Crippen MR) is 123 cm³/mol. The summed E-state index contributed by atoms with van der Waals surface area (Å²) in [5, 5.41) is 20.8. The van der Waals surface area contributed by atoms with E-state index >= 15 is 0 Å². The number of aryl methyl sites for hydroxylation is 1. The molecule has 0 radical (unpaired) electrons. The van der Waals surface area contributed by atoms with Gasteiger partial charge in [-0.15, -0.1) is 10.2 Å². The second kappa shape index (κ2) is 9.47. The zero-order valence-corrected chi connectivity index (χ0v) is 19.6. The van der Waals surface area contributed by atoms with Crippen LogP contribution in [0.4, 0.5) is 11.6 Å². The van der Waals surface area contributed by atoms with Crippen molar-refractivity contribution in [3.8, 4) is 5.69 Å². The number of nitrogens with zero attached hydrogens (tertiary/aromatic N) is 5. The van der Waals surface area contributed by atoms with Crippen molar-refractivity contribution in [3.05, 3.63) is 58.1 Å². The molecule has 1 N–H and O–H groups in total. The summed E-state index contributed by atoms with van der Waals surface area (Å²) in [7, 11) is -2.57. The molecule has 0 saturated carbocycles. The lowest BCUT2D eigenvalue weighted by molar-refractivity contribution is -0.388. The van der Waals surface area contributed by atoms with Crippen LogP contribution in [0.3, 0.4) is 0 Å². The lowest BCUT2D eigenvalue weighted by Gasteiger charge is -2.28. The van der Waals surface area contributed by atoms with E-state index in [0.717, 1.165) is 29.1 Å². The number of rotatable bonds is 7. The summed E-state index contributed by atoms with van der Waals surface area (Å²) in [4.78, 5) is 13.3. The molecule has 33 heavy (non-hydrogen) atoms. The lowest BCUT2D eigenvalue weighted by Crippen LogP contribution is -2.37. The molecule has 13 heteroatoms. The Hall–Kier alpha value is -3.00. The van der Waals surface area contributed by atoms with Crippen molar-refractivity contribution in [2.45, 2.75) is 21.9 Å². The minimum atomic E-state index is -3.82. The lowest BCUT2D eigenvalue weighted by atomic mass is 10.2. The minimum absolute atomic E-state index is 0.185. The number of ether oxygens (including phenoxy) is 1. The first-order valence-corrected chi connectivity index (χ1v) is 12.3. The smallest absolute Gasteiger partial charge is 0.284 e. The van der Waals surface area contributed by atoms with Crippen LogP contribution in [-0.4, -0.2) is 61.5 Å². The summed E-state index contributed by atoms with van der Waals surface area (Å²) in [6.07, 6.45) is 0. The second-order valence-electron chi connectivity index (χ2n) is 7.25. The molecule has 3 aromatic rings. The number of nitro benzene ring substituents is 1. The Labute approximate surface area is 195 Å². The molecule has 0 aliphatic carbocycles. The van der Waals surface area contributed by atoms with Gasteiger partial charge >= 0.3 is 0 Å². The highest BCUT2D eigenvalue weighted by Gasteiger charge is 2.26. The molecule has 1 aromatic heterocycles. The maximum atomic E-state index is 12.1. The highest BCUT2D eigenvalue weighted by Crippen LogP contribution is 2.38. The van der Waals surface area contributed by atoms with Gasteiger partial charge in [0, 0.05) is 19.2 Å². The highest BCUT2D eigenvalue weighted by atomic mass is 32.2. The van der Waals surface area contributed by atoms with Gasteiger partial charge < -0.3 is 9.64 Å². The summed E-state index contributed by atoms with van der Waals surface area (Å²) >= 11 is 1.05. The molecule has 174 valence electrons. The average molecular weight is 491 g/mol. The fourth-order valence-corrected chi connectivity index (χ4v) is 5.01. The number of anilines is 1. The van der Waals surface area contributed by atoms with Crippen LogP contribution in [0.15, 0.2) is 57.4 Å². The Morgan fingerprint density at radius 1 is 1.12 bits per heavy atom.